The highest BCUT2D eigenvalue weighted by atomic mass is 35.5. The standard InChI is InChI=1S/C5H4ClF2N/c6-5(7,8)4-1-2-9-3-4/h1-3,9H. The SMILES string of the molecule is FC(F)(Cl)c1cc[nH]c1. The van der Waals surface area contributed by atoms with E-state index in [4.69, 9.17) is 0 Å². The maximum Gasteiger partial charge on any atom is 0.349 e. The topological polar surface area (TPSA) is 15.8 Å². The van der Waals surface area contributed by atoms with Gasteiger partial charge in [0, 0.05) is 12.4 Å². The second-order valence-electron chi connectivity index (χ2n) is 1.60. The molecule has 0 spiro atoms. The monoisotopic (exact) mass is 151 g/mol. The minimum atomic E-state index is -3.24. The molecule has 0 aromatic carbocycles. The Morgan fingerprint density at radius 3 is 2.44 bits per heavy atom. The summed E-state index contributed by atoms with van der Waals surface area (Å²) < 4.78 is 24.1. The Morgan fingerprint density at radius 1 is 1.56 bits per heavy atom. The Hall–Kier alpha value is -0.570. The molecule has 1 N–H and O–H groups in total. The van der Waals surface area contributed by atoms with Gasteiger partial charge in [-0.05, 0) is 17.7 Å². The van der Waals surface area contributed by atoms with Gasteiger partial charge in [0.05, 0.1) is 5.56 Å². The lowest BCUT2D eigenvalue weighted by Gasteiger charge is -2.01. The molecule has 0 atom stereocenters. The van der Waals surface area contributed by atoms with Crippen LogP contribution in [0.4, 0.5) is 8.78 Å². The average Bonchev–Trinajstić information content (AvgIpc) is 2.08. The third kappa shape index (κ3) is 1.42. The Balaban J connectivity index is 2.90. The molecule has 0 fully saturated rings. The van der Waals surface area contributed by atoms with Crippen LogP contribution in [0.5, 0.6) is 0 Å². The van der Waals surface area contributed by atoms with E-state index in [2.05, 4.69) is 16.6 Å². The third-order valence-electron chi connectivity index (χ3n) is 0.925. The number of aromatic nitrogens is 1. The van der Waals surface area contributed by atoms with Crippen molar-refractivity contribution in [3.05, 3.63) is 24.0 Å². The zero-order valence-corrected chi connectivity index (χ0v) is 5.12. The fourth-order valence-electron chi connectivity index (χ4n) is 0.500. The van der Waals surface area contributed by atoms with E-state index in [-0.39, 0.29) is 5.56 Å². The fraction of sp³-hybridized carbons (Fsp3) is 0.200. The van der Waals surface area contributed by atoms with Gasteiger partial charge < -0.3 is 4.98 Å². The Kier molecular flexibility index (Phi) is 1.45. The number of aromatic amines is 1. The summed E-state index contributed by atoms with van der Waals surface area (Å²) in [6, 6.07) is 1.23. The molecule has 1 rings (SSSR count). The predicted molar refractivity (Wildman–Crippen MR) is 30.5 cm³/mol. The molecule has 0 aliphatic carbocycles. The molecule has 0 aliphatic heterocycles. The van der Waals surface area contributed by atoms with Crippen LogP contribution in [-0.4, -0.2) is 4.98 Å². The first-order valence-electron chi connectivity index (χ1n) is 2.30. The van der Waals surface area contributed by atoms with Gasteiger partial charge >= 0.3 is 5.38 Å². The zero-order chi connectivity index (χ0) is 6.91. The minimum absolute atomic E-state index is 0.204. The first-order chi connectivity index (χ1) is 4.11. The van der Waals surface area contributed by atoms with Crippen LogP contribution in [0.25, 0.3) is 0 Å². The first kappa shape index (κ1) is 6.55. The molecule has 0 unspecified atom stereocenters. The number of halogens is 3. The molecule has 0 bridgehead atoms. The van der Waals surface area contributed by atoms with Crippen molar-refractivity contribution >= 4 is 11.6 Å². The van der Waals surface area contributed by atoms with E-state index in [9.17, 15) is 8.78 Å². The summed E-state index contributed by atoms with van der Waals surface area (Å²) in [5.41, 5.74) is -0.204. The number of alkyl halides is 3. The number of H-pyrrole nitrogens is 1. The van der Waals surface area contributed by atoms with Crippen molar-refractivity contribution in [1.82, 2.24) is 4.98 Å². The van der Waals surface area contributed by atoms with Crippen molar-refractivity contribution in [2.24, 2.45) is 0 Å². The van der Waals surface area contributed by atoms with Crippen molar-refractivity contribution in [2.75, 3.05) is 0 Å². The highest BCUT2D eigenvalue weighted by molar-refractivity contribution is 6.21. The molecule has 0 radical (unpaired) electrons. The summed E-state index contributed by atoms with van der Waals surface area (Å²) in [7, 11) is 0. The largest absolute Gasteiger partial charge is 0.367 e. The Bertz CT molecular complexity index is 177. The van der Waals surface area contributed by atoms with Gasteiger partial charge in [0.2, 0.25) is 0 Å². The Morgan fingerprint density at radius 2 is 2.22 bits per heavy atom. The lowest BCUT2D eigenvalue weighted by atomic mass is 10.4. The average molecular weight is 152 g/mol. The summed E-state index contributed by atoms with van der Waals surface area (Å²) in [6.07, 6.45) is 2.55. The lowest BCUT2D eigenvalue weighted by molar-refractivity contribution is 0.0953. The second-order valence-corrected chi connectivity index (χ2v) is 2.07. The minimum Gasteiger partial charge on any atom is -0.367 e. The molecule has 1 heterocycles. The van der Waals surface area contributed by atoms with Crippen molar-refractivity contribution in [2.45, 2.75) is 5.38 Å². The molecule has 0 amide bonds. The van der Waals surface area contributed by atoms with E-state index >= 15 is 0 Å². The maximum atomic E-state index is 12.0. The first-order valence-corrected chi connectivity index (χ1v) is 2.68. The molecular weight excluding hydrogens is 148 g/mol. The van der Waals surface area contributed by atoms with Crippen LogP contribution in [-0.2, 0) is 5.38 Å². The van der Waals surface area contributed by atoms with Crippen LogP contribution in [0.1, 0.15) is 5.56 Å². The fourth-order valence-corrected chi connectivity index (χ4v) is 0.618. The molecule has 1 aromatic rings. The van der Waals surface area contributed by atoms with Crippen LogP contribution >= 0.6 is 11.6 Å². The van der Waals surface area contributed by atoms with E-state index in [0.29, 0.717) is 0 Å². The van der Waals surface area contributed by atoms with Crippen LogP contribution in [0.3, 0.4) is 0 Å². The van der Waals surface area contributed by atoms with Gasteiger partial charge in [0.1, 0.15) is 0 Å². The summed E-state index contributed by atoms with van der Waals surface area (Å²) in [6.45, 7) is 0. The third-order valence-corrected chi connectivity index (χ3v) is 1.14. The van der Waals surface area contributed by atoms with Crippen molar-refractivity contribution in [3.8, 4) is 0 Å². The van der Waals surface area contributed by atoms with Crippen LogP contribution in [0.15, 0.2) is 18.5 Å². The van der Waals surface area contributed by atoms with Gasteiger partial charge in [-0.1, -0.05) is 0 Å². The number of hydrogen-bond acceptors (Lipinski definition) is 0. The van der Waals surface area contributed by atoms with E-state index in [1.165, 1.54) is 12.3 Å². The van der Waals surface area contributed by atoms with Crippen LogP contribution < -0.4 is 0 Å². The van der Waals surface area contributed by atoms with Gasteiger partial charge in [0.15, 0.2) is 0 Å². The molecule has 50 valence electrons. The number of rotatable bonds is 1. The summed E-state index contributed by atoms with van der Waals surface area (Å²) in [5, 5.41) is -3.24. The molecule has 9 heavy (non-hydrogen) atoms. The highest BCUT2D eigenvalue weighted by Crippen LogP contribution is 2.31. The number of hydrogen-bond donors (Lipinski definition) is 1. The molecule has 0 aliphatic rings. The van der Waals surface area contributed by atoms with E-state index in [1.807, 2.05) is 0 Å². The highest BCUT2D eigenvalue weighted by Gasteiger charge is 2.27. The van der Waals surface area contributed by atoms with Crippen molar-refractivity contribution in [1.29, 1.82) is 0 Å². The van der Waals surface area contributed by atoms with Crippen LogP contribution in [0.2, 0.25) is 0 Å². The second kappa shape index (κ2) is 1.99. The van der Waals surface area contributed by atoms with Crippen LogP contribution in [0, 0.1) is 0 Å². The molecule has 0 saturated carbocycles. The van der Waals surface area contributed by atoms with Gasteiger partial charge in [-0.2, -0.15) is 8.78 Å². The zero-order valence-electron chi connectivity index (χ0n) is 4.37. The Labute approximate surface area is 55.6 Å². The molecule has 4 heteroatoms. The van der Waals surface area contributed by atoms with Gasteiger partial charge in [-0.25, -0.2) is 0 Å². The van der Waals surface area contributed by atoms with Gasteiger partial charge in [0.25, 0.3) is 0 Å². The van der Waals surface area contributed by atoms with E-state index in [0.717, 1.165) is 6.20 Å². The quantitative estimate of drug-likeness (QED) is 0.593. The molecular formula is C5H4ClF2N. The summed E-state index contributed by atoms with van der Waals surface area (Å²) in [5.74, 6) is 0. The van der Waals surface area contributed by atoms with Crippen molar-refractivity contribution in [3.63, 3.8) is 0 Å². The molecule has 0 saturated heterocycles. The van der Waals surface area contributed by atoms with Gasteiger partial charge in [-0.15, -0.1) is 0 Å². The lowest BCUT2D eigenvalue weighted by Crippen LogP contribution is -1.99. The van der Waals surface area contributed by atoms with E-state index < -0.39 is 5.38 Å². The molecule has 1 nitrogen and oxygen atoms in total. The summed E-state index contributed by atoms with van der Waals surface area (Å²) >= 11 is 4.65. The van der Waals surface area contributed by atoms with Gasteiger partial charge in [-0.3, -0.25) is 0 Å². The maximum absolute atomic E-state index is 12.0. The predicted octanol–water partition coefficient (Wildman–Crippen LogP) is 2.30. The number of nitrogens with one attached hydrogen (secondary N) is 1. The smallest absolute Gasteiger partial charge is 0.349 e. The van der Waals surface area contributed by atoms with Crippen molar-refractivity contribution < 1.29 is 8.78 Å². The normalized spacial score (nSPS) is 11.9. The van der Waals surface area contributed by atoms with E-state index in [1.54, 1.807) is 0 Å². The molecule has 1 aromatic heterocycles. The summed E-state index contributed by atoms with van der Waals surface area (Å²) in [4.78, 5) is 2.47.